The summed E-state index contributed by atoms with van der Waals surface area (Å²) in [4.78, 5) is 0. The minimum absolute atomic E-state index is 0.352. The second kappa shape index (κ2) is 9.90. The molecule has 0 bridgehead atoms. The van der Waals surface area contributed by atoms with Crippen molar-refractivity contribution in [1.82, 2.24) is 14.8 Å². The van der Waals surface area contributed by atoms with E-state index in [1.54, 1.807) is 11.8 Å². The second-order valence-electron chi connectivity index (χ2n) is 7.29. The molecule has 7 heteroatoms. The molecule has 1 saturated carbocycles. The lowest BCUT2D eigenvalue weighted by Crippen LogP contribution is -2.10. The first-order valence-corrected chi connectivity index (χ1v) is 11.8. The zero-order valence-corrected chi connectivity index (χ0v) is 18.9. The van der Waals surface area contributed by atoms with E-state index in [1.165, 1.54) is 12.8 Å². The molecule has 30 heavy (non-hydrogen) atoms. The van der Waals surface area contributed by atoms with Gasteiger partial charge in [-0.25, -0.2) is 0 Å². The third kappa shape index (κ3) is 5.02. The van der Waals surface area contributed by atoms with Gasteiger partial charge in [0.15, 0.2) is 11.0 Å². The summed E-state index contributed by atoms with van der Waals surface area (Å²) in [7, 11) is 0. The monoisotopic (exact) mass is 459 g/mol. The third-order valence-corrected chi connectivity index (χ3v) is 6.87. The summed E-state index contributed by atoms with van der Waals surface area (Å²) in [6.45, 7) is 4.52. The highest BCUT2D eigenvalue weighted by Gasteiger charge is 2.17. The number of nitrogens with zero attached hydrogens (tertiary/aromatic N) is 3. The predicted molar refractivity (Wildman–Crippen MR) is 125 cm³/mol. The van der Waals surface area contributed by atoms with Crippen LogP contribution in [0.4, 0.5) is 0 Å². The van der Waals surface area contributed by atoms with E-state index in [9.17, 15) is 0 Å². The molecule has 1 heterocycles. The Hall–Kier alpha value is -1.95. The Morgan fingerprint density at radius 2 is 1.83 bits per heavy atom. The van der Waals surface area contributed by atoms with Crippen molar-refractivity contribution in [1.29, 1.82) is 0 Å². The molecule has 0 N–H and O–H groups in total. The normalized spacial score (nSPS) is 14.2. The lowest BCUT2D eigenvalue weighted by Gasteiger charge is -2.13. The van der Waals surface area contributed by atoms with Crippen LogP contribution in [0.15, 0.2) is 60.3 Å². The maximum absolute atomic E-state index is 6.13. The minimum Gasteiger partial charge on any atom is -0.490 e. The van der Waals surface area contributed by atoms with E-state index in [-0.39, 0.29) is 0 Å². The Labute approximate surface area is 191 Å². The molecule has 1 aliphatic rings. The summed E-state index contributed by atoms with van der Waals surface area (Å²) >= 11 is 13.7. The first-order valence-electron chi connectivity index (χ1n) is 10.0. The van der Waals surface area contributed by atoms with Gasteiger partial charge in [0.1, 0.15) is 5.75 Å². The van der Waals surface area contributed by atoms with Crippen molar-refractivity contribution in [3.63, 3.8) is 0 Å². The van der Waals surface area contributed by atoms with Crippen LogP contribution in [0.2, 0.25) is 10.0 Å². The third-order valence-electron chi connectivity index (χ3n) is 5.10. The van der Waals surface area contributed by atoms with Gasteiger partial charge in [0.2, 0.25) is 0 Å². The number of ether oxygens (including phenoxy) is 1. The smallest absolute Gasteiger partial charge is 0.192 e. The number of aromatic nitrogens is 3. The summed E-state index contributed by atoms with van der Waals surface area (Å²) in [5.74, 6) is 2.45. The van der Waals surface area contributed by atoms with Crippen molar-refractivity contribution >= 4 is 35.0 Å². The Balaban J connectivity index is 1.49. The molecule has 4 rings (SSSR count). The van der Waals surface area contributed by atoms with Crippen molar-refractivity contribution < 1.29 is 4.74 Å². The van der Waals surface area contributed by atoms with Gasteiger partial charge in [-0.3, -0.25) is 4.57 Å². The highest BCUT2D eigenvalue weighted by molar-refractivity contribution is 7.98. The molecule has 0 unspecified atom stereocenters. The number of halogens is 2. The summed E-state index contributed by atoms with van der Waals surface area (Å²) in [5.41, 5.74) is 2.09. The molecule has 2 aromatic carbocycles. The van der Waals surface area contributed by atoms with Gasteiger partial charge in [0, 0.05) is 17.9 Å². The van der Waals surface area contributed by atoms with E-state index in [1.807, 2.05) is 48.5 Å². The molecule has 4 nitrogen and oxygen atoms in total. The van der Waals surface area contributed by atoms with Crippen LogP contribution < -0.4 is 4.74 Å². The summed E-state index contributed by atoms with van der Waals surface area (Å²) in [5, 5.41) is 10.8. The molecule has 1 fully saturated rings. The van der Waals surface area contributed by atoms with Gasteiger partial charge >= 0.3 is 0 Å². The molecule has 0 spiro atoms. The first-order chi connectivity index (χ1) is 14.6. The van der Waals surface area contributed by atoms with Crippen LogP contribution in [-0.2, 0) is 12.3 Å². The van der Waals surface area contributed by atoms with Crippen molar-refractivity contribution in [2.75, 3.05) is 0 Å². The topological polar surface area (TPSA) is 39.9 Å². The van der Waals surface area contributed by atoms with E-state index in [0.29, 0.717) is 22.7 Å². The molecule has 156 valence electrons. The first kappa shape index (κ1) is 21.3. The average Bonchev–Trinajstić information content (AvgIpc) is 3.40. The predicted octanol–water partition coefficient (Wildman–Crippen LogP) is 7.05. The highest BCUT2D eigenvalue weighted by atomic mass is 35.5. The van der Waals surface area contributed by atoms with Crippen LogP contribution in [0.5, 0.6) is 5.75 Å². The van der Waals surface area contributed by atoms with Crippen molar-refractivity contribution in [3.8, 4) is 17.1 Å². The fraction of sp³-hybridized carbons (Fsp3) is 0.304. The van der Waals surface area contributed by atoms with Crippen LogP contribution in [-0.4, -0.2) is 20.9 Å². The number of hydrogen-bond acceptors (Lipinski definition) is 4. The molecular formula is C23H23Cl2N3OS. The second-order valence-corrected chi connectivity index (χ2v) is 9.05. The Kier molecular flexibility index (Phi) is 7.03. The van der Waals surface area contributed by atoms with Crippen LogP contribution in [0.25, 0.3) is 11.4 Å². The molecular weight excluding hydrogens is 437 g/mol. The number of allylic oxidation sites excluding steroid dienone is 1. The lowest BCUT2D eigenvalue weighted by molar-refractivity contribution is 0.210. The van der Waals surface area contributed by atoms with Crippen molar-refractivity contribution in [2.24, 2.45) is 0 Å². The Bertz CT molecular complexity index is 1010. The molecule has 3 aromatic rings. The SMILES string of the molecule is C=CCn1c(SCc2ccc(Cl)c(Cl)c2)nnc1-c1ccc(OC2CCCC2)cc1. The lowest BCUT2D eigenvalue weighted by atomic mass is 10.2. The Morgan fingerprint density at radius 1 is 1.07 bits per heavy atom. The maximum atomic E-state index is 6.13. The largest absolute Gasteiger partial charge is 0.490 e. The molecule has 0 aliphatic heterocycles. The highest BCUT2D eigenvalue weighted by Crippen LogP contribution is 2.30. The molecule has 1 aromatic heterocycles. The number of rotatable bonds is 8. The van der Waals surface area contributed by atoms with E-state index >= 15 is 0 Å². The molecule has 1 aliphatic carbocycles. The van der Waals surface area contributed by atoms with Gasteiger partial charge in [-0.15, -0.1) is 16.8 Å². The van der Waals surface area contributed by atoms with E-state index in [4.69, 9.17) is 27.9 Å². The zero-order valence-electron chi connectivity index (χ0n) is 16.6. The van der Waals surface area contributed by atoms with Crippen molar-refractivity contribution in [3.05, 3.63) is 70.7 Å². The Morgan fingerprint density at radius 3 is 2.53 bits per heavy atom. The minimum atomic E-state index is 0.352. The maximum Gasteiger partial charge on any atom is 0.192 e. The quantitative estimate of drug-likeness (QED) is 0.267. The van der Waals surface area contributed by atoms with Crippen LogP contribution in [0, 0.1) is 0 Å². The van der Waals surface area contributed by atoms with Gasteiger partial charge in [0.05, 0.1) is 16.1 Å². The molecule has 0 atom stereocenters. The van der Waals surface area contributed by atoms with Crippen molar-refractivity contribution in [2.45, 2.75) is 49.2 Å². The van der Waals surface area contributed by atoms with Crippen LogP contribution in [0.1, 0.15) is 31.2 Å². The number of hydrogen-bond donors (Lipinski definition) is 0. The zero-order chi connectivity index (χ0) is 20.9. The van der Waals surface area contributed by atoms with E-state index in [2.05, 4.69) is 21.3 Å². The molecule has 0 radical (unpaired) electrons. The van der Waals surface area contributed by atoms with E-state index in [0.717, 1.165) is 46.5 Å². The summed E-state index contributed by atoms with van der Waals surface area (Å²) in [6.07, 6.45) is 7.02. The summed E-state index contributed by atoms with van der Waals surface area (Å²) in [6, 6.07) is 13.8. The van der Waals surface area contributed by atoms with Gasteiger partial charge in [0.25, 0.3) is 0 Å². The van der Waals surface area contributed by atoms with Gasteiger partial charge in [-0.1, -0.05) is 47.1 Å². The summed E-state index contributed by atoms with van der Waals surface area (Å²) < 4.78 is 8.14. The van der Waals surface area contributed by atoms with Crippen LogP contribution in [0.3, 0.4) is 0 Å². The molecule has 0 saturated heterocycles. The van der Waals surface area contributed by atoms with E-state index < -0.39 is 0 Å². The fourth-order valence-electron chi connectivity index (χ4n) is 3.56. The fourth-order valence-corrected chi connectivity index (χ4v) is 4.77. The average molecular weight is 460 g/mol. The van der Waals surface area contributed by atoms with Gasteiger partial charge in [-0.05, 0) is 67.6 Å². The standard InChI is InChI=1S/C23H23Cl2N3OS/c1-2-13-28-22(17-8-10-19(11-9-17)29-18-5-3-4-6-18)26-27-23(28)30-15-16-7-12-20(24)21(25)14-16/h2,7-12,14,18H,1,3-6,13,15H2. The van der Waals surface area contributed by atoms with Crippen LogP contribution >= 0.6 is 35.0 Å². The molecule has 0 amide bonds. The van der Waals surface area contributed by atoms with Gasteiger partial charge in [-0.2, -0.15) is 0 Å². The number of benzene rings is 2. The van der Waals surface area contributed by atoms with Gasteiger partial charge < -0.3 is 4.74 Å². The number of thioether (sulfide) groups is 1.